The molecule has 0 spiro atoms. The average Bonchev–Trinajstić information content (AvgIpc) is 4.25. The van der Waals surface area contributed by atoms with Gasteiger partial charge in [0.2, 0.25) is 0 Å². The molecule has 0 atom stereocenters. The largest absolute Gasteiger partial charge is 0.192 e. The molecule has 1 aliphatic rings. The predicted molar refractivity (Wildman–Crippen MR) is 304 cm³/mol. The number of rotatable bonds is 34. The highest BCUT2D eigenvalue weighted by Crippen LogP contribution is 2.54. The number of fused-ring (bicyclic) bond motifs is 2. The van der Waals surface area contributed by atoms with Gasteiger partial charge in [-0.15, -0.1) is 22.7 Å². The second-order valence-corrected chi connectivity index (χ2v) is 22.9. The molecular weight excluding hydrogens is 933 g/mol. The van der Waals surface area contributed by atoms with Crippen LogP contribution in [-0.2, 0) is 24.2 Å². The van der Waals surface area contributed by atoms with Crippen LogP contribution in [0.1, 0.15) is 216 Å². The zero-order valence-electron chi connectivity index (χ0n) is 42.3. The van der Waals surface area contributed by atoms with E-state index in [2.05, 4.69) is 74.5 Å². The summed E-state index contributed by atoms with van der Waals surface area (Å²) >= 11 is 5.96. The molecule has 70 heavy (non-hydrogen) atoms. The van der Waals surface area contributed by atoms with Gasteiger partial charge in [0.1, 0.15) is 22.4 Å². The molecule has 0 radical (unpaired) electrons. The minimum atomic E-state index is 0.785. The Morgan fingerprint density at radius 3 is 1.07 bits per heavy atom. The first-order valence-electron chi connectivity index (χ1n) is 27.3. The van der Waals surface area contributed by atoms with Gasteiger partial charge in [0.15, 0.2) is 0 Å². The van der Waals surface area contributed by atoms with Gasteiger partial charge in [-0.25, -0.2) is 0 Å². The number of unbranched alkanes of at least 4 members (excludes halogenated alkanes) is 26. The van der Waals surface area contributed by atoms with Crippen LogP contribution in [0.4, 0.5) is 11.4 Å². The summed E-state index contributed by atoms with van der Waals surface area (Å²) in [6, 6.07) is 26.4. The lowest BCUT2D eigenvalue weighted by atomic mass is 9.98. The van der Waals surface area contributed by atoms with Crippen molar-refractivity contribution in [3.8, 4) is 53.9 Å². The molecule has 6 nitrogen and oxygen atoms in total. The van der Waals surface area contributed by atoms with Crippen molar-refractivity contribution in [3.63, 3.8) is 0 Å². The smallest absolute Gasteiger partial charge is 0.116 e. The number of nitriles is 2. The Kier molecular flexibility index (Phi) is 22.8. The second-order valence-electron chi connectivity index (χ2n) is 19.7. The first-order valence-corrected chi connectivity index (χ1v) is 30.4. The number of thiophene rings is 2. The van der Waals surface area contributed by atoms with Crippen LogP contribution in [0.15, 0.2) is 69.4 Å². The zero-order valence-corrected chi connectivity index (χ0v) is 45.6. The molecule has 0 unspecified atom stereocenters. The van der Waals surface area contributed by atoms with Crippen LogP contribution in [0.2, 0.25) is 0 Å². The maximum Gasteiger partial charge on any atom is 0.116 e. The van der Waals surface area contributed by atoms with E-state index in [1.54, 1.807) is 22.7 Å². The van der Waals surface area contributed by atoms with Crippen LogP contribution in [0.3, 0.4) is 0 Å². The molecule has 1 aliphatic heterocycles. The van der Waals surface area contributed by atoms with Crippen molar-refractivity contribution in [2.45, 2.75) is 206 Å². The van der Waals surface area contributed by atoms with Gasteiger partial charge in [-0.3, -0.25) is 0 Å². The SMILES string of the molecule is CCCCCCCCCCCCCCCCc1cc(-c2ccc(-c3c4c(c(-c5ccc(-c6ccc(C#N)c(CCCCCCCCCCCCCCCC)c6)s5)c5nsnc35)N=S=N4)s2)ccc1C#N. The quantitative estimate of drug-likeness (QED) is 0.0375. The zero-order chi connectivity index (χ0) is 48.6. The molecule has 0 N–H and O–H groups in total. The van der Waals surface area contributed by atoms with Crippen molar-refractivity contribution in [1.82, 2.24) is 8.75 Å². The molecule has 6 aromatic rings. The van der Waals surface area contributed by atoms with E-state index < -0.39 is 0 Å². The fraction of sp³-hybridized carbons (Fsp3) is 0.533. The molecule has 0 saturated heterocycles. The lowest BCUT2D eigenvalue weighted by Crippen LogP contribution is -1.92. The highest BCUT2D eigenvalue weighted by atomic mass is 32.1. The Balaban J connectivity index is 0.944. The fourth-order valence-electron chi connectivity index (χ4n) is 10.1. The van der Waals surface area contributed by atoms with Gasteiger partial charge in [-0.1, -0.05) is 193 Å². The molecule has 0 aliphatic carbocycles. The van der Waals surface area contributed by atoms with Gasteiger partial charge < -0.3 is 0 Å². The third-order valence-electron chi connectivity index (χ3n) is 14.2. The van der Waals surface area contributed by atoms with Gasteiger partial charge in [-0.05, 0) is 96.5 Å². The summed E-state index contributed by atoms with van der Waals surface area (Å²) in [4.78, 5) is 4.50. The maximum atomic E-state index is 10.0. The van der Waals surface area contributed by atoms with Crippen LogP contribution >= 0.6 is 34.4 Å². The van der Waals surface area contributed by atoms with E-state index in [1.165, 1.54) is 190 Å². The number of hydrogen-bond donors (Lipinski definition) is 0. The summed E-state index contributed by atoms with van der Waals surface area (Å²) in [7, 11) is 0. The van der Waals surface area contributed by atoms with Gasteiger partial charge in [-0.2, -0.15) is 28.0 Å². The molecule has 0 amide bonds. The molecule has 0 bridgehead atoms. The van der Waals surface area contributed by atoms with Crippen molar-refractivity contribution in [2.75, 3.05) is 0 Å². The van der Waals surface area contributed by atoms with Gasteiger partial charge in [0.05, 0.1) is 46.3 Å². The Hall–Kier alpha value is -4.32. The van der Waals surface area contributed by atoms with Crippen LogP contribution in [0.25, 0.3) is 52.8 Å². The molecule has 370 valence electrons. The third-order valence-corrected chi connectivity index (χ3v) is 17.6. The highest BCUT2D eigenvalue weighted by Gasteiger charge is 2.28. The van der Waals surface area contributed by atoms with Crippen molar-refractivity contribution in [2.24, 2.45) is 8.73 Å². The van der Waals surface area contributed by atoms with Crippen molar-refractivity contribution in [3.05, 3.63) is 82.9 Å². The number of benzene rings is 3. The highest BCUT2D eigenvalue weighted by molar-refractivity contribution is 7.58. The van der Waals surface area contributed by atoms with Crippen molar-refractivity contribution < 1.29 is 0 Å². The van der Waals surface area contributed by atoms with E-state index in [0.29, 0.717) is 0 Å². The Bertz CT molecular complexity index is 2520. The molecular formula is C60H76N6S4. The summed E-state index contributed by atoms with van der Waals surface area (Å²) in [6.45, 7) is 4.57. The second kappa shape index (κ2) is 29.9. The molecule has 3 aromatic carbocycles. The Morgan fingerprint density at radius 1 is 0.400 bits per heavy atom. The summed E-state index contributed by atoms with van der Waals surface area (Å²) < 4.78 is 19.6. The topological polar surface area (TPSA) is 98.1 Å². The van der Waals surface area contributed by atoms with E-state index in [0.717, 1.165) is 112 Å². The van der Waals surface area contributed by atoms with Crippen molar-refractivity contribution >= 4 is 68.2 Å². The van der Waals surface area contributed by atoms with E-state index in [9.17, 15) is 10.5 Å². The van der Waals surface area contributed by atoms with Crippen LogP contribution in [0.5, 0.6) is 0 Å². The van der Waals surface area contributed by atoms with E-state index in [1.807, 2.05) is 12.1 Å². The Labute approximate surface area is 436 Å². The van der Waals surface area contributed by atoms with E-state index in [-0.39, 0.29) is 0 Å². The maximum absolute atomic E-state index is 10.0. The van der Waals surface area contributed by atoms with Crippen molar-refractivity contribution in [1.29, 1.82) is 10.5 Å². The molecule has 4 heterocycles. The minimum Gasteiger partial charge on any atom is -0.192 e. The fourth-order valence-corrected chi connectivity index (χ4v) is 13.3. The minimum absolute atomic E-state index is 0.785. The van der Waals surface area contributed by atoms with Gasteiger partial charge >= 0.3 is 0 Å². The monoisotopic (exact) mass is 1010 g/mol. The number of aryl methyl sites for hydroxylation is 2. The van der Waals surface area contributed by atoms with Crippen LogP contribution in [-0.4, -0.2) is 8.75 Å². The standard InChI is InChI=1S/C60H76N6S4/c1-3-5-7-9-11-13-15-17-19-21-23-25-27-29-31-45-41-47(33-35-49(45)43-61)51-37-39-53(67-51)55-57-59(65-69-63-57)56(60-58(55)64-70-66-60)54-40-38-52(68-54)48-34-36-50(44-62)46(42-48)32-30-28-26-24-22-20-18-16-14-12-10-8-6-4-2/h33-42H,3-32H2,1-2H3. The van der Waals surface area contributed by atoms with E-state index in [4.69, 9.17) is 17.5 Å². The van der Waals surface area contributed by atoms with Gasteiger partial charge in [0.25, 0.3) is 0 Å². The van der Waals surface area contributed by atoms with E-state index >= 15 is 0 Å². The first kappa shape index (κ1) is 53.5. The molecule has 7 rings (SSSR count). The summed E-state index contributed by atoms with van der Waals surface area (Å²) in [5.74, 6) is 0. The third kappa shape index (κ3) is 15.3. The van der Waals surface area contributed by atoms with Gasteiger partial charge in [0, 0.05) is 30.6 Å². The summed E-state index contributed by atoms with van der Waals surface area (Å²) in [5, 5.41) is 20.0. The van der Waals surface area contributed by atoms with Crippen LogP contribution < -0.4 is 0 Å². The first-order chi connectivity index (χ1) is 34.6. The van der Waals surface area contributed by atoms with Crippen LogP contribution in [0, 0.1) is 22.7 Å². The molecule has 0 saturated carbocycles. The average molecular weight is 1010 g/mol. The summed E-state index contributed by atoms with van der Waals surface area (Å²) in [5.41, 5.74) is 11.6. The number of aromatic nitrogens is 2. The predicted octanol–water partition coefficient (Wildman–Crippen LogP) is 21.0. The molecule has 3 aromatic heterocycles. The summed E-state index contributed by atoms with van der Waals surface area (Å²) in [6.07, 6.45) is 39.4. The molecule has 0 fully saturated rings. The molecule has 10 heteroatoms. The Morgan fingerprint density at radius 2 is 0.729 bits per heavy atom. The lowest BCUT2D eigenvalue weighted by molar-refractivity contribution is 0.535. The normalized spacial score (nSPS) is 11.9. The lowest BCUT2D eigenvalue weighted by Gasteiger charge is -2.10. The number of hydrogen-bond acceptors (Lipinski definition) is 9. The number of nitrogens with zero attached hydrogens (tertiary/aromatic N) is 6.